The van der Waals surface area contributed by atoms with Crippen molar-refractivity contribution in [3.05, 3.63) is 48.5 Å². The highest BCUT2D eigenvalue weighted by Gasteiger charge is 2.18. The molecule has 1 amide bonds. The first kappa shape index (κ1) is 16.4. The van der Waals surface area contributed by atoms with E-state index in [-0.39, 0.29) is 6.54 Å². The number of benzene rings is 1. The number of nitrogens with zero attached hydrogens (tertiary/aromatic N) is 5. The fourth-order valence-electron chi connectivity index (χ4n) is 2.74. The first-order valence-electron chi connectivity index (χ1n) is 7.92. The Morgan fingerprint density at radius 3 is 2.81 bits per heavy atom. The average Bonchev–Trinajstić information content (AvgIpc) is 3.33. The maximum Gasteiger partial charge on any atom is 0.237 e. The van der Waals surface area contributed by atoms with Gasteiger partial charge in [0.2, 0.25) is 11.7 Å². The number of hydrogen-bond acceptors (Lipinski definition) is 6. The van der Waals surface area contributed by atoms with Gasteiger partial charge in [0.25, 0.3) is 0 Å². The fourth-order valence-corrected chi connectivity index (χ4v) is 3.66. The predicted molar refractivity (Wildman–Crippen MR) is 97.2 cm³/mol. The molecule has 0 unspecified atom stereocenters. The number of hydrogen-bond donors (Lipinski definition) is 1. The van der Waals surface area contributed by atoms with Crippen molar-refractivity contribution in [2.75, 3.05) is 0 Å². The van der Waals surface area contributed by atoms with Gasteiger partial charge in [-0.2, -0.15) is 0 Å². The standard InChI is InChI=1S/C17H16N6O2S/c1-22-12-6-3-2-5-11(12)19-15(22)10-26-17-21-20-16(13-7-4-8-25-13)23(17)9-14(18)24/h2-8H,9-10H2,1H3,(H2,18,24). The van der Waals surface area contributed by atoms with E-state index in [1.54, 1.807) is 23.0 Å². The van der Waals surface area contributed by atoms with Crippen molar-refractivity contribution in [3.63, 3.8) is 0 Å². The van der Waals surface area contributed by atoms with E-state index in [0.717, 1.165) is 16.9 Å². The Morgan fingerprint density at radius 2 is 2.08 bits per heavy atom. The summed E-state index contributed by atoms with van der Waals surface area (Å²) in [5.41, 5.74) is 7.40. The van der Waals surface area contributed by atoms with Crippen LogP contribution in [0.2, 0.25) is 0 Å². The summed E-state index contributed by atoms with van der Waals surface area (Å²) in [4.78, 5) is 16.1. The number of carbonyl (C=O) groups excluding carboxylic acids is 1. The molecule has 2 N–H and O–H groups in total. The molecular weight excluding hydrogens is 352 g/mol. The van der Waals surface area contributed by atoms with Crippen molar-refractivity contribution in [3.8, 4) is 11.6 Å². The van der Waals surface area contributed by atoms with E-state index in [1.165, 1.54) is 11.8 Å². The highest BCUT2D eigenvalue weighted by Crippen LogP contribution is 2.27. The molecule has 9 heteroatoms. The van der Waals surface area contributed by atoms with Crippen LogP contribution < -0.4 is 5.73 Å². The second-order valence-corrected chi connectivity index (χ2v) is 6.64. The number of primary amides is 1. The van der Waals surface area contributed by atoms with Crippen LogP contribution in [0.3, 0.4) is 0 Å². The predicted octanol–water partition coefficient (Wildman–Crippen LogP) is 2.20. The maximum absolute atomic E-state index is 11.5. The van der Waals surface area contributed by atoms with E-state index < -0.39 is 5.91 Å². The largest absolute Gasteiger partial charge is 0.461 e. The van der Waals surface area contributed by atoms with Crippen molar-refractivity contribution in [1.82, 2.24) is 24.3 Å². The molecule has 0 saturated heterocycles. The fraction of sp³-hybridized carbons (Fsp3) is 0.176. The lowest BCUT2D eigenvalue weighted by atomic mass is 10.3. The molecule has 0 aliphatic carbocycles. The van der Waals surface area contributed by atoms with Crippen LogP contribution in [-0.4, -0.2) is 30.2 Å². The van der Waals surface area contributed by atoms with Crippen LogP contribution in [0.4, 0.5) is 0 Å². The van der Waals surface area contributed by atoms with Gasteiger partial charge in [-0.3, -0.25) is 9.36 Å². The zero-order chi connectivity index (χ0) is 18.1. The molecule has 4 aromatic rings. The average molecular weight is 368 g/mol. The Balaban J connectivity index is 1.63. The summed E-state index contributed by atoms with van der Waals surface area (Å²) < 4.78 is 9.08. The number of aromatic nitrogens is 5. The smallest absolute Gasteiger partial charge is 0.237 e. The lowest BCUT2D eigenvalue weighted by Crippen LogP contribution is -2.19. The van der Waals surface area contributed by atoms with Gasteiger partial charge in [0, 0.05) is 7.05 Å². The Bertz CT molecular complexity index is 1070. The molecular formula is C17H16N6O2S. The SMILES string of the molecule is Cn1c(CSc2nnc(-c3ccco3)n2CC(N)=O)nc2ccccc21. The Hall–Kier alpha value is -3.07. The summed E-state index contributed by atoms with van der Waals surface area (Å²) in [6.45, 7) is -0.0199. The second-order valence-electron chi connectivity index (χ2n) is 5.70. The van der Waals surface area contributed by atoms with E-state index in [0.29, 0.717) is 22.5 Å². The van der Waals surface area contributed by atoms with Gasteiger partial charge in [-0.1, -0.05) is 23.9 Å². The van der Waals surface area contributed by atoms with Crippen molar-refractivity contribution in [2.24, 2.45) is 12.8 Å². The number of nitrogens with two attached hydrogens (primary N) is 1. The van der Waals surface area contributed by atoms with E-state index in [4.69, 9.17) is 10.2 Å². The summed E-state index contributed by atoms with van der Waals surface area (Å²) in [7, 11) is 1.98. The quantitative estimate of drug-likeness (QED) is 0.523. The summed E-state index contributed by atoms with van der Waals surface area (Å²) in [6.07, 6.45) is 1.55. The molecule has 0 aliphatic heterocycles. The molecule has 0 fully saturated rings. The summed E-state index contributed by atoms with van der Waals surface area (Å²) in [5.74, 6) is 2.03. The topological polar surface area (TPSA) is 105 Å². The van der Waals surface area contributed by atoms with Crippen LogP contribution >= 0.6 is 11.8 Å². The van der Waals surface area contributed by atoms with E-state index >= 15 is 0 Å². The first-order valence-corrected chi connectivity index (χ1v) is 8.90. The molecule has 8 nitrogen and oxygen atoms in total. The number of rotatable bonds is 6. The van der Waals surface area contributed by atoms with E-state index in [2.05, 4.69) is 15.2 Å². The Kier molecular flexibility index (Phi) is 4.21. The number of amides is 1. The van der Waals surface area contributed by atoms with Crippen molar-refractivity contribution >= 4 is 28.7 Å². The number of furan rings is 1. The van der Waals surface area contributed by atoms with E-state index in [9.17, 15) is 4.79 Å². The van der Waals surface area contributed by atoms with Gasteiger partial charge in [0.05, 0.1) is 23.0 Å². The molecule has 0 saturated carbocycles. The lowest BCUT2D eigenvalue weighted by molar-refractivity contribution is -0.118. The summed E-state index contributed by atoms with van der Waals surface area (Å²) >= 11 is 1.45. The molecule has 1 aromatic carbocycles. The highest BCUT2D eigenvalue weighted by molar-refractivity contribution is 7.98. The van der Waals surface area contributed by atoms with Gasteiger partial charge >= 0.3 is 0 Å². The van der Waals surface area contributed by atoms with Crippen LogP contribution in [0.25, 0.3) is 22.6 Å². The molecule has 0 spiro atoms. The molecule has 0 aliphatic rings. The van der Waals surface area contributed by atoms with Gasteiger partial charge in [0.15, 0.2) is 10.9 Å². The summed E-state index contributed by atoms with van der Waals surface area (Å²) in [6, 6.07) is 11.5. The third kappa shape index (κ3) is 2.97. The molecule has 0 radical (unpaired) electrons. The zero-order valence-electron chi connectivity index (χ0n) is 14.0. The number of aryl methyl sites for hydroxylation is 1. The van der Waals surface area contributed by atoms with Crippen LogP contribution in [0.1, 0.15) is 5.82 Å². The van der Waals surface area contributed by atoms with Crippen molar-refractivity contribution < 1.29 is 9.21 Å². The van der Waals surface area contributed by atoms with Crippen molar-refractivity contribution in [2.45, 2.75) is 17.5 Å². The number of fused-ring (bicyclic) bond motifs is 1. The highest BCUT2D eigenvalue weighted by atomic mass is 32.2. The van der Waals surface area contributed by atoms with Crippen LogP contribution in [-0.2, 0) is 24.1 Å². The third-order valence-corrected chi connectivity index (χ3v) is 4.95. The number of thioether (sulfide) groups is 1. The molecule has 4 rings (SSSR count). The van der Waals surface area contributed by atoms with Gasteiger partial charge in [0.1, 0.15) is 12.4 Å². The van der Waals surface area contributed by atoms with E-state index in [1.807, 2.05) is 35.9 Å². The Morgan fingerprint density at radius 1 is 1.23 bits per heavy atom. The van der Waals surface area contributed by atoms with Gasteiger partial charge in [-0.05, 0) is 24.3 Å². The van der Waals surface area contributed by atoms with Gasteiger partial charge in [-0.15, -0.1) is 10.2 Å². The van der Waals surface area contributed by atoms with Crippen LogP contribution in [0.15, 0.2) is 52.2 Å². The minimum atomic E-state index is -0.470. The zero-order valence-corrected chi connectivity index (χ0v) is 14.8. The molecule has 3 heterocycles. The van der Waals surface area contributed by atoms with Crippen LogP contribution in [0, 0.1) is 0 Å². The third-order valence-electron chi connectivity index (χ3n) is 3.98. The molecule has 0 bridgehead atoms. The maximum atomic E-state index is 11.5. The Labute approximate surface area is 153 Å². The monoisotopic (exact) mass is 368 g/mol. The minimum absolute atomic E-state index is 0.0199. The molecule has 0 atom stereocenters. The molecule has 26 heavy (non-hydrogen) atoms. The molecule has 3 aromatic heterocycles. The number of imidazole rings is 1. The first-order chi connectivity index (χ1) is 12.6. The minimum Gasteiger partial charge on any atom is -0.461 e. The van der Waals surface area contributed by atoms with Gasteiger partial charge < -0.3 is 14.7 Å². The summed E-state index contributed by atoms with van der Waals surface area (Å²) in [5, 5.41) is 8.93. The normalized spacial score (nSPS) is 11.3. The van der Waals surface area contributed by atoms with Crippen LogP contribution in [0.5, 0.6) is 0 Å². The number of para-hydroxylation sites is 2. The van der Waals surface area contributed by atoms with Gasteiger partial charge in [-0.25, -0.2) is 4.98 Å². The second kappa shape index (κ2) is 6.68. The molecule has 132 valence electrons. The lowest BCUT2D eigenvalue weighted by Gasteiger charge is -2.07. The van der Waals surface area contributed by atoms with Crippen molar-refractivity contribution in [1.29, 1.82) is 0 Å². The number of carbonyl (C=O) groups is 1.